The van der Waals surface area contributed by atoms with E-state index in [0.717, 1.165) is 5.75 Å². The van der Waals surface area contributed by atoms with Crippen molar-refractivity contribution in [2.24, 2.45) is 0 Å². The first-order chi connectivity index (χ1) is 15.7. The van der Waals surface area contributed by atoms with Gasteiger partial charge in [-0.05, 0) is 42.2 Å². The molecule has 1 aromatic heterocycles. The van der Waals surface area contributed by atoms with Gasteiger partial charge in [-0.1, -0.05) is 74.5 Å². The zero-order chi connectivity index (χ0) is 24.0. The van der Waals surface area contributed by atoms with Crippen molar-refractivity contribution in [1.29, 1.82) is 0 Å². The van der Waals surface area contributed by atoms with Crippen molar-refractivity contribution in [2.45, 2.75) is 50.9 Å². The average molecular weight is 485 g/mol. The summed E-state index contributed by atoms with van der Waals surface area (Å²) in [6.07, 6.45) is 1.44. The van der Waals surface area contributed by atoms with Crippen LogP contribution in [0.1, 0.15) is 45.2 Å². The number of rotatable bonds is 9. The molecule has 1 heterocycles. The number of carbonyl (C=O) groups excluding carboxylic acids is 1. The van der Waals surface area contributed by atoms with E-state index in [2.05, 4.69) is 55.0 Å². The van der Waals surface area contributed by atoms with E-state index in [-0.39, 0.29) is 23.2 Å². The van der Waals surface area contributed by atoms with Crippen LogP contribution in [-0.2, 0) is 16.8 Å². The predicted octanol–water partition coefficient (Wildman–Crippen LogP) is 6.29. The van der Waals surface area contributed by atoms with Crippen LogP contribution in [0.25, 0.3) is 0 Å². The number of allylic oxidation sites excluding steroid dienone is 1. The van der Waals surface area contributed by atoms with Crippen LogP contribution < -0.4 is 10.1 Å². The fourth-order valence-electron chi connectivity index (χ4n) is 3.18. The predicted molar refractivity (Wildman–Crippen MR) is 135 cm³/mol. The van der Waals surface area contributed by atoms with Crippen molar-refractivity contribution >= 4 is 35.0 Å². The maximum absolute atomic E-state index is 12.4. The van der Waals surface area contributed by atoms with E-state index in [0.29, 0.717) is 28.2 Å². The third-order valence-electron chi connectivity index (χ3n) is 4.93. The van der Waals surface area contributed by atoms with Crippen molar-refractivity contribution in [3.8, 4) is 5.75 Å². The summed E-state index contributed by atoms with van der Waals surface area (Å²) in [7, 11) is 0. The molecule has 0 saturated carbocycles. The minimum atomic E-state index is -0.329. The van der Waals surface area contributed by atoms with Gasteiger partial charge in [0, 0.05) is 6.54 Å². The van der Waals surface area contributed by atoms with E-state index in [1.165, 1.54) is 17.3 Å². The van der Waals surface area contributed by atoms with Gasteiger partial charge in [0.05, 0.1) is 16.5 Å². The van der Waals surface area contributed by atoms with Gasteiger partial charge in [0.1, 0.15) is 5.75 Å². The van der Waals surface area contributed by atoms with Crippen LogP contribution in [0.5, 0.6) is 5.75 Å². The molecule has 1 unspecified atom stereocenters. The average Bonchev–Trinajstić information content (AvgIpc) is 3.17. The number of anilines is 1. The second-order valence-electron chi connectivity index (χ2n) is 8.59. The molecule has 0 spiro atoms. The van der Waals surface area contributed by atoms with Crippen LogP contribution in [0.4, 0.5) is 5.69 Å². The third-order valence-corrected chi connectivity index (χ3v) is 6.23. The maximum Gasteiger partial charge on any atom is 0.234 e. The molecular formula is C25H29ClN4O2S. The quantitative estimate of drug-likeness (QED) is 0.285. The smallest absolute Gasteiger partial charge is 0.234 e. The number of hydrogen-bond donors (Lipinski definition) is 1. The van der Waals surface area contributed by atoms with Gasteiger partial charge >= 0.3 is 0 Å². The number of amides is 1. The van der Waals surface area contributed by atoms with E-state index >= 15 is 0 Å². The van der Waals surface area contributed by atoms with Crippen molar-refractivity contribution in [3.05, 3.63) is 77.6 Å². The summed E-state index contributed by atoms with van der Waals surface area (Å²) in [6.45, 7) is 12.8. The molecule has 33 heavy (non-hydrogen) atoms. The van der Waals surface area contributed by atoms with Gasteiger partial charge in [0.25, 0.3) is 0 Å². The Labute approximate surface area is 204 Å². The van der Waals surface area contributed by atoms with Crippen molar-refractivity contribution in [2.75, 3.05) is 11.1 Å². The highest BCUT2D eigenvalue weighted by Gasteiger charge is 2.20. The Bertz CT molecular complexity index is 1110. The molecule has 0 aliphatic rings. The number of carbonyl (C=O) groups is 1. The molecule has 174 valence electrons. The van der Waals surface area contributed by atoms with Crippen LogP contribution in [-0.4, -0.2) is 26.4 Å². The van der Waals surface area contributed by atoms with E-state index in [1.54, 1.807) is 18.2 Å². The second-order valence-corrected chi connectivity index (χ2v) is 9.94. The Hall–Kier alpha value is -2.77. The van der Waals surface area contributed by atoms with Gasteiger partial charge in [0.15, 0.2) is 17.1 Å². The molecule has 0 bridgehead atoms. The van der Waals surface area contributed by atoms with Gasteiger partial charge in [-0.2, -0.15) is 0 Å². The van der Waals surface area contributed by atoms with E-state index in [4.69, 9.17) is 16.3 Å². The van der Waals surface area contributed by atoms with Crippen LogP contribution in [0.2, 0.25) is 5.02 Å². The molecule has 0 radical (unpaired) electrons. The molecule has 0 saturated heterocycles. The van der Waals surface area contributed by atoms with E-state index in [1.807, 2.05) is 35.8 Å². The molecule has 1 N–H and O–H groups in total. The van der Waals surface area contributed by atoms with Crippen molar-refractivity contribution in [3.63, 3.8) is 0 Å². The number of thioether (sulfide) groups is 1. The maximum atomic E-state index is 12.4. The number of aromatic nitrogens is 3. The van der Waals surface area contributed by atoms with Gasteiger partial charge in [-0.15, -0.1) is 16.8 Å². The minimum absolute atomic E-state index is 0.0819. The van der Waals surface area contributed by atoms with Crippen LogP contribution >= 0.6 is 23.4 Å². The van der Waals surface area contributed by atoms with Crippen LogP contribution in [0, 0.1) is 0 Å². The first-order valence-corrected chi connectivity index (χ1v) is 12.0. The fraction of sp³-hybridized carbons (Fsp3) is 0.320. The molecule has 6 nitrogen and oxygen atoms in total. The monoisotopic (exact) mass is 484 g/mol. The summed E-state index contributed by atoms with van der Waals surface area (Å²) in [5, 5.41) is 12.5. The first kappa shape index (κ1) is 24.9. The van der Waals surface area contributed by atoms with Gasteiger partial charge in [-0.3, -0.25) is 9.36 Å². The SMILES string of the molecule is C=CCn1c(SCC(=O)Nc2ccccc2Cl)nnc1C(C)Oc1ccc(C(C)(C)C)cc1. The zero-order valence-electron chi connectivity index (χ0n) is 19.3. The van der Waals surface area contributed by atoms with Gasteiger partial charge in [0.2, 0.25) is 5.91 Å². The van der Waals surface area contributed by atoms with E-state index < -0.39 is 0 Å². The highest BCUT2D eigenvalue weighted by molar-refractivity contribution is 7.99. The normalized spacial score (nSPS) is 12.3. The molecule has 8 heteroatoms. The molecule has 3 aromatic rings. The van der Waals surface area contributed by atoms with Crippen molar-refractivity contribution < 1.29 is 9.53 Å². The number of hydrogen-bond acceptors (Lipinski definition) is 5. The summed E-state index contributed by atoms with van der Waals surface area (Å²) in [6, 6.07) is 15.2. The summed E-state index contributed by atoms with van der Waals surface area (Å²) in [5.41, 5.74) is 1.90. The fourth-order valence-corrected chi connectivity index (χ4v) is 4.12. The largest absolute Gasteiger partial charge is 0.483 e. The topological polar surface area (TPSA) is 69.0 Å². The first-order valence-electron chi connectivity index (χ1n) is 10.7. The minimum Gasteiger partial charge on any atom is -0.483 e. The Morgan fingerprint density at radius 1 is 1.21 bits per heavy atom. The van der Waals surface area contributed by atoms with Crippen LogP contribution in [0.15, 0.2) is 66.3 Å². The Balaban J connectivity index is 1.67. The van der Waals surface area contributed by atoms with E-state index in [9.17, 15) is 4.79 Å². The molecule has 1 atom stereocenters. The lowest BCUT2D eigenvalue weighted by atomic mass is 9.87. The highest BCUT2D eigenvalue weighted by atomic mass is 35.5. The van der Waals surface area contributed by atoms with Gasteiger partial charge in [-0.25, -0.2) is 0 Å². The van der Waals surface area contributed by atoms with Crippen molar-refractivity contribution in [1.82, 2.24) is 14.8 Å². The molecule has 1 amide bonds. The molecule has 0 fully saturated rings. The molecule has 0 aliphatic carbocycles. The lowest BCUT2D eigenvalue weighted by Crippen LogP contribution is -2.16. The summed E-state index contributed by atoms with van der Waals surface area (Å²) in [4.78, 5) is 12.4. The summed E-state index contributed by atoms with van der Waals surface area (Å²) in [5.74, 6) is 1.43. The Morgan fingerprint density at radius 2 is 1.91 bits per heavy atom. The van der Waals surface area contributed by atoms with Crippen LogP contribution in [0.3, 0.4) is 0 Å². The Morgan fingerprint density at radius 3 is 2.55 bits per heavy atom. The highest BCUT2D eigenvalue weighted by Crippen LogP contribution is 2.28. The number of halogens is 1. The zero-order valence-corrected chi connectivity index (χ0v) is 20.9. The molecule has 2 aromatic carbocycles. The lowest BCUT2D eigenvalue weighted by molar-refractivity contribution is -0.113. The Kier molecular flexibility index (Phi) is 8.21. The number of para-hydroxylation sites is 1. The molecule has 0 aliphatic heterocycles. The standard InChI is InChI=1S/C25H29ClN4O2S/c1-6-15-30-23(17(2)32-19-13-11-18(12-14-19)25(3,4)5)28-29-24(30)33-16-22(31)27-21-10-8-7-9-20(21)26/h6-14,17H,1,15-16H2,2-5H3,(H,27,31). The number of nitrogens with zero attached hydrogens (tertiary/aromatic N) is 3. The third kappa shape index (κ3) is 6.62. The lowest BCUT2D eigenvalue weighted by Gasteiger charge is -2.20. The second kappa shape index (κ2) is 10.9. The number of ether oxygens (including phenoxy) is 1. The summed E-state index contributed by atoms with van der Waals surface area (Å²) >= 11 is 7.41. The summed E-state index contributed by atoms with van der Waals surface area (Å²) < 4.78 is 8.04. The number of benzene rings is 2. The molecule has 3 rings (SSSR count). The molecular weight excluding hydrogens is 456 g/mol. The van der Waals surface area contributed by atoms with Gasteiger partial charge < -0.3 is 10.1 Å². The number of nitrogens with one attached hydrogen (secondary N) is 1.